The number of carbonyl (C=O) groups excluding carboxylic acids is 2. The number of hydrogen-bond donors (Lipinski definition) is 0. The van der Waals surface area contributed by atoms with Crippen LogP contribution in [0.5, 0.6) is 0 Å². The highest BCUT2D eigenvalue weighted by Crippen LogP contribution is 2.22. The largest absolute Gasteiger partial charge is 0.465 e. The van der Waals surface area contributed by atoms with Crippen molar-refractivity contribution in [2.24, 2.45) is 0 Å². The van der Waals surface area contributed by atoms with Gasteiger partial charge >= 0.3 is 5.97 Å². The molecule has 0 spiro atoms. The van der Waals surface area contributed by atoms with Crippen LogP contribution < -0.4 is 0 Å². The van der Waals surface area contributed by atoms with Crippen LogP contribution in [0.15, 0.2) is 23.1 Å². The van der Waals surface area contributed by atoms with E-state index in [0.29, 0.717) is 24.6 Å². The standard InChI is InChI=1S/C18H26N2O5S2/c1-4-25-18(22)13-26-12-17(21)19-7-9-20(10-8-19)27(23,24)16-6-5-14(2)11-15(16)3/h5-6,11H,4,7-10,12-13H2,1-3H3. The molecule has 1 fully saturated rings. The van der Waals surface area contributed by atoms with E-state index in [-0.39, 0.29) is 36.5 Å². The maximum Gasteiger partial charge on any atom is 0.315 e. The number of thioether (sulfide) groups is 1. The van der Waals surface area contributed by atoms with Gasteiger partial charge in [0.15, 0.2) is 0 Å². The molecule has 1 saturated heterocycles. The summed E-state index contributed by atoms with van der Waals surface area (Å²) in [5, 5.41) is 0. The summed E-state index contributed by atoms with van der Waals surface area (Å²) in [6, 6.07) is 5.29. The van der Waals surface area contributed by atoms with Gasteiger partial charge in [0.25, 0.3) is 0 Å². The first-order valence-corrected chi connectivity index (χ1v) is 11.4. The lowest BCUT2D eigenvalue weighted by Crippen LogP contribution is -2.51. The lowest BCUT2D eigenvalue weighted by Gasteiger charge is -2.34. The Morgan fingerprint density at radius 2 is 1.78 bits per heavy atom. The van der Waals surface area contributed by atoms with E-state index in [9.17, 15) is 18.0 Å². The molecule has 0 saturated carbocycles. The number of hydrogen-bond acceptors (Lipinski definition) is 6. The number of sulfonamides is 1. The first kappa shape index (κ1) is 21.7. The Morgan fingerprint density at radius 1 is 1.11 bits per heavy atom. The van der Waals surface area contributed by atoms with E-state index < -0.39 is 10.0 Å². The highest BCUT2D eigenvalue weighted by atomic mass is 32.2. The molecule has 1 aromatic carbocycles. The molecule has 1 heterocycles. The molecule has 0 atom stereocenters. The minimum Gasteiger partial charge on any atom is -0.465 e. The number of carbonyl (C=O) groups is 2. The van der Waals surface area contributed by atoms with Crippen molar-refractivity contribution in [2.45, 2.75) is 25.7 Å². The quantitative estimate of drug-likeness (QED) is 0.628. The van der Waals surface area contributed by atoms with Crippen molar-refractivity contribution in [1.82, 2.24) is 9.21 Å². The number of rotatable bonds is 7. The number of ether oxygens (including phenoxy) is 1. The van der Waals surface area contributed by atoms with Crippen LogP contribution in [0.1, 0.15) is 18.1 Å². The Balaban J connectivity index is 1.89. The third kappa shape index (κ3) is 5.70. The summed E-state index contributed by atoms with van der Waals surface area (Å²) >= 11 is 1.21. The number of amides is 1. The molecule has 0 aliphatic carbocycles. The SMILES string of the molecule is CCOC(=O)CSCC(=O)N1CCN(S(=O)(=O)c2ccc(C)cc2C)CC1. The van der Waals surface area contributed by atoms with Gasteiger partial charge in [-0.05, 0) is 32.4 Å². The van der Waals surface area contributed by atoms with Gasteiger partial charge in [-0.2, -0.15) is 4.31 Å². The lowest BCUT2D eigenvalue weighted by molar-refractivity contribution is -0.139. The molecule has 9 heteroatoms. The average Bonchev–Trinajstić information content (AvgIpc) is 2.61. The van der Waals surface area contributed by atoms with Gasteiger partial charge in [-0.1, -0.05) is 17.7 Å². The van der Waals surface area contributed by atoms with Crippen LogP contribution in [-0.4, -0.2) is 73.8 Å². The number of benzene rings is 1. The Hall–Kier alpha value is -1.58. The topological polar surface area (TPSA) is 84.0 Å². The van der Waals surface area contributed by atoms with Crippen molar-refractivity contribution >= 4 is 33.7 Å². The van der Waals surface area contributed by atoms with Crippen molar-refractivity contribution in [3.8, 4) is 0 Å². The predicted octanol–water partition coefficient (Wildman–Crippen LogP) is 1.43. The van der Waals surface area contributed by atoms with E-state index in [1.165, 1.54) is 16.1 Å². The van der Waals surface area contributed by atoms with Gasteiger partial charge in [0.1, 0.15) is 0 Å². The Kier molecular flexibility index (Phi) is 7.69. The zero-order valence-corrected chi connectivity index (χ0v) is 17.6. The first-order valence-electron chi connectivity index (χ1n) is 8.84. The lowest BCUT2D eigenvalue weighted by atomic mass is 10.2. The molecule has 1 aliphatic heterocycles. The zero-order chi connectivity index (χ0) is 20.0. The fourth-order valence-corrected chi connectivity index (χ4v) is 5.26. The summed E-state index contributed by atoms with van der Waals surface area (Å²) in [5.41, 5.74) is 1.74. The summed E-state index contributed by atoms with van der Waals surface area (Å²) in [4.78, 5) is 25.5. The molecule has 150 valence electrons. The van der Waals surface area contributed by atoms with Gasteiger partial charge in [-0.25, -0.2) is 8.42 Å². The molecule has 2 rings (SSSR count). The fourth-order valence-electron chi connectivity index (χ4n) is 2.92. The molecule has 0 aromatic heterocycles. The minimum absolute atomic E-state index is 0.0899. The molecule has 27 heavy (non-hydrogen) atoms. The summed E-state index contributed by atoms with van der Waals surface area (Å²) in [6.07, 6.45) is 0. The van der Waals surface area contributed by atoms with Gasteiger partial charge in [0, 0.05) is 26.2 Å². The maximum absolute atomic E-state index is 12.9. The normalized spacial score (nSPS) is 15.6. The third-order valence-electron chi connectivity index (χ3n) is 4.29. The van der Waals surface area contributed by atoms with E-state index in [1.807, 2.05) is 13.0 Å². The van der Waals surface area contributed by atoms with Gasteiger partial charge in [0.05, 0.1) is 23.0 Å². The molecular formula is C18H26N2O5S2. The number of nitrogens with zero attached hydrogens (tertiary/aromatic N) is 2. The number of piperazine rings is 1. The Bertz CT molecular complexity index is 787. The number of aryl methyl sites for hydroxylation is 2. The molecular weight excluding hydrogens is 388 g/mol. The van der Waals surface area contributed by atoms with Crippen molar-refractivity contribution in [3.05, 3.63) is 29.3 Å². The van der Waals surface area contributed by atoms with Crippen LogP contribution in [0.2, 0.25) is 0 Å². The predicted molar refractivity (Wildman–Crippen MR) is 105 cm³/mol. The molecule has 1 amide bonds. The van der Waals surface area contributed by atoms with Crippen molar-refractivity contribution in [3.63, 3.8) is 0 Å². The summed E-state index contributed by atoms with van der Waals surface area (Å²) < 4.78 is 32.0. The average molecular weight is 415 g/mol. The smallest absolute Gasteiger partial charge is 0.315 e. The van der Waals surface area contributed by atoms with Crippen LogP contribution in [0.25, 0.3) is 0 Å². The second-order valence-electron chi connectivity index (χ2n) is 6.35. The maximum atomic E-state index is 12.9. The molecule has 0 radical (unpaired) electrons. The van der Waals surface area contributed by atoms with E-state index in [4.69, 9.17) is 4.74 Å². The van der Waals surface area contributed by atoms with E-state index in [2.05, 4.69) is 0 Å². The van der Waals surface area contributed by atoms with Crippen molar-refractivity contribution < 1.29 is 22.7 Å². The van der Waals surface area contributed by atoms with E-state index >= 15 is 0 Å². The summed E-state index contributed by atoms with van der Waals surface area (Å²) in [5.74, 6) is -0.101. The van der Waals surface area contributed by atoms with Crippen molar-refractivity contribution in [2.75, 3.05) is 44.3 Å². The Morgan fingerprint density at radius 3 is 2.37 bits per heavy atom. The molecule has 0 bridgehead atoms. The second-order valence-corrected chi connectivity index (χ2v) is 9.24. The molecule has 1 aliphatic rings. The first-order chi connectivity index (χ1) is 12.8. The summed E-state index contributed by atoms with van der Waals surface area (Å²) in [7, 11) is -3.56. The second kappa shape index (κ2) is 9.57. The van der Waals surface area contributed by atoms with E-state index in [1.54, 1.807) is 30.9 Å². The highest BCUT2D eigenvalue weighted by Gasteiger charge is 2.30. The highest BCUT2D eigenvalue weighted by molar-refractivity contribution is 8.00. The summed E-state index contributed by atoms with van der Waals surface area (Å²) in [6.45, 7) is 7.01. The molecule has 1 aromatic rings. The fraction of sp³-hybridized carbons (Fsp3) is 0.556. The minimum atomic E-state index is -3.56. The number of esters is 1. The van der Waals surface area contributed by atoms with Crippen LogP contribution in [-0.2, 0) is 24.3 Å². The molecule has 7 nitrogen and oxygen atoms in total. The van der Waals surface area contributed by atoms with Crippen LogP contribution in [0, 0.1) is 13.8 Å². The van der Waals surface area contributed by atoms with Gasteiger partial charge < -0.3 is 9.64 Å². The monoisotopic (exact) mass is 414 g/mol. The molecule has 0 unspecified atom stereocenters. The van der Waals surface area contributed by atoms with E-state index in [0.717, 1.165) is 11.1 Å². The van der Waals surface area contributed by atoms with Crippen LogP contribution in [0.4, 0.5) is 0 Å². The van der Waals surface area contributed by atoms with Crippen LogP contribution >= 0.6 is 11.8 Å². The Labute approximate surface area is 165 Å². The van der Waals surface area contributed by atoms with Crippen molar-refractivity contribution in [1.29, 1.82) is 0 Å². The van der Waals surface area contributed by atoms with Crippen LogP contribution in [0.3, 0.4) is 0 Å². The van der Waals surface area contributed by atoms with Gasteiger partial charge in [0.2, 0.25) is 15.9 Å². The van der Waals surface area contributed by atoms with Gasteiger partial charge in [-0.15, -0.1) is 11.8 Å². The third-order valence-corrected chi connectivity index (χ3v) is 7.24. The zero-order valence-electron chi connectivity index (χ0n) is 15.9. The molecule has 0 N–H and O–H groups in total. The van der Waals surface area contributed by atoms with Gasteiger partial charge in [-0.3, -0.25) is 9.59 Å².